The molecule has 2 heteroatoms. The van der Waals surface area contributed by atoms with Gasteiger partial charge in [0.2, 0.25) is 0 Å². The number of hydrogen-bond acceptors (Lipinski definition) is 2. The Balaban J connectivity index is 2.12. The molecule has 0 heterocycles. The molecule has 0 aliphatic heterocycles. The van der Waals surface area contributed by atoms with Gasteiger partial charge in [-0.25, -0.2) is 0 Å². The van der Waals surface area contributed by atoms with Crippen molar-refractivity contribution in [1.82, 2.24) is 5.32 Å². The van der Waals surface area contributed by atoms with Crippen LogP contribution in [0.5, 0.6) is 0 Å². The van der Waals surface area contributed by atoms with Gasteiger partial charge >= 0.3 is 0 Å². The lowest BCUT2D eigenvalue weighted by Crippen LogP contribution is -2.20. The Bertz CT molecular complexity index is 266. The molecule has 0 radical (unpaired) electrons. The summed E-state index contributed by atoms with van der Waals surface area (Å²) in [6.45, 7) is 8.82. The van der Waals surface area contributed by atoms with Gasteiger partial charge in [-0.3, -0.25) is 0 Å². The number of aryl methyl sites for hydroxylation is 1. The van der Waals surface area contributed by atoms with Crippen molar-refractivity contribution < 1.29 is 4.74 Å². The lowest BCUT2D eigenvalue weighted by molar-refractivity contribution is 0.0807. The average molecular weight is 207 g/mol. The Kier molecular flexibility index (Phi) is 5.37. The number of ether oxygens (including phenoxy) is 1. The summed E-state index contributed by atoms with van der Waals surface area (Å²) in [4.78, 5) is 0. The van der Waals surface area contributed by atoms with Gasteiger partial charge in [-0.05, 0) is 26.3 Å². The van der Waals surface area contributed by atoms with Gasteiger partial charge in [0.1, 0.15) is 0 Å². The van der Waals surface area contributed by atoms with E-state index in [9.17, 15) is 0 Å². The Labute approximate surface area is 92.6 Å². The number of hydrogen-bond donors (Lipinski definition) is 1. The topological polar surface area (TPSA) is 21.3 Å². The van der Waals surface area contributed by atoms with Crippen molar-refractivity contribution in [3.8, 4) is 0 Å². The molecule has 1 rings (SSSR count). The minimum atomic E-state index is 0.325. The molecule has 2 nitrogen and oxygen atoms in total. The van der Waals surface area contributed by atoms with E-state index >= 15 is 0 Å². The molecule has 15 heavy (non-hydrogen) atoms. The Morgan fingerprint density at radius 3 is 2.47 bits per heavy atom. The summed E-state index contributed by atoms with van der Waals surface area (Å²) < 4.78 is 5.44. The van der Waals surface area contributed by atoms with E-state index in [1.807, 2.05) is 0 Å². The third kappa shape index (κ3) is 5.55. The van der Waals surface area contributed by atoms with Crippen LogP contribution < -0.4 is 5.32 Å². The number of nitrogens with one attached hydrogen (secondary N) is 1. The van der Waals surface area contributed by atoms with Gasteiger partial charge in [-0.2, -0.15) is 0 Å². The molecule has 0 saturated heterocycles. The highest BCUT2D eigenvalue weighted by molar-refractivity contribution is 5.20. The molecule has 0 saturated carbocycles. The Morgan fingerprint density at radius 2 is 1.87 bits per heavy atom. The highest BCUT2D eigenvalue weighted by atomic mass is 16.5. The normalized spacial score (nSPS) is 10.9. The van der Waals surface area contributed by atoms with Gasteiger partial charge in [0, 0.05) is 13.1 Å². The average Bonchev–Trinajstić information content (AvgIpc) is 2.20. The molecule has 84 valence electrons. The molecule has 0 spiro atoms. The fourth-order valence-electron chi connectivity index (χ4n) is 1.31. The van der Waals surface area contributed by atoms with Crippen molar-refractivity contribution in [1.29, 1.82) is 0 Å². The summed E-state index contributed by atoms with van der Waals surface area (Å²) in [5.74, 6) is 0. The maximum Gasteiger partial charge on any atom is 0.0594 e. The molecule has 0 aromatic heterocycles. The molecule has 1 aromatic rings. The van der Waals surface area contributed by atoms with Crippen molar-refractivity contribution in [2.24, 2.45) is 0 Å². The van der Waals surface area contributed by atoms with Gasteiger partial charge in [-0.15, -0.1) is 0 Å². The maximum atomic E-state index is 5.44. The summed E-state index contributed by atoms with van der Waals surface area (Å²) in [6.07, 6.45) is 0.325. The van der Waals surface area contributed by atoms with E-state index in [-0.39, 0.29) is 0 Å². The minimum Gasteiger partial charge on any atom is -0.377 e. The molecule has 0 aliphatic rings. The predicted molar refractivity (Wildman–Crippen MR) is 64.0 cm³/mol. The van der Waals surface area contributed by atoms with Crippen LogP contribution in [0.2, 0.25) is 0 Å². The zero-order chi connectivity index (χ0) is 11.1. The summed E-state index contributed by atoms with van der Waals surface area (Å²) in [5, 5.41) is 3.35. The molecule has 0 unspecified atom stereocenters. The quantitative estimate of drug-likeness (QED) is 0.724. The van der Waals surface area contributed by atoms with Crippen LogP contribution in [0, 0.1) is 6.92 Å². The summed E-state index contributed by atoms with van der Waals surface area (Å²) in [7, 11) is 0. The third-order valence-corrected chi connectivity index (χ3v) is 2.18. The molecule has 1 aromatic carbocycles. The van der Waals surface area contributed by atoms with Crippen molar-refractivity contribution in [3.05, 3.63) is 35.4 Å². The largest absolute Gasteiger partial charge is 0.377 e. The maximum absolute atomic E-state index is 5.44. The van der Waals surface area contributed by atoms with Crippen LogP contribution in [0.1, 0.15) is 25.0 Å². The second-order valence-corrected chi connectivity index (χ2v) is 4.08. The van der Waals surface area contributed by atoms with E-state index < -0.39 is 0 Å². The van der Waals surface area contributed by atoms with Crippen LogP contribution >= 0.6 is 0 Å². The second kappa shape index (κ2) is 6.59. The van der Waals surface area contributed by atoms with E-state index in [4.69, 9.17) is 4.74 Å². The van der Waals surface area contributed by atoms with E-state index in [0.717, 1.165) is 19.7 Å². The van der Waals surface area contributed by atoms with Crippen molar-refractivity contribution in [3.63, 3.8) is 0 Å². The van der Waals surface area contributed by atoms with E-state index in [2.05, 4.69) is 50.4 Å². The smallest absolute Gasteiger partial charge is 0.0594 e. The van der Waals surface area contributed by atoms with Crippen LogP contribution in [-0.2, 0) is 11.3 Å². The zero-order valence-electron chi connectivity index (χ0n) is 9.92. The van der Waals surface area contributed by atoms with Gasteiger partial charge < -0.3 is 10.1 Å². The highest BCUT2D eigenvalue weighted by Gasteiger charge is 1.94. The molecule has 0 amide bonds. The van der Waals surface area contributed by atoms with Crippen LogP contribution in [-0.4, -0.2) is 19.3 Å². The minimum absolute atomic E-state index is 0.325. The van der Waals surface area contributed by atoms with E-state index in [1.165, 1.54) is 11.1 Å². The van der Waals surface area contributed by atoms with Gasteiger partial charge in [-0.1, -0.05) is 29.8 Å². The van der Waals surface area contributed by atoms with Crippen molar-refractivity contribution in [2.75, 3.05) is 13.2 Å². The van der Waals surface area contributed by atoms with Crippen LogP contribution in [0.3, 0.4) is 0 Å². The lowest BCUT2D eigenvalue weighted by Gasteiger charge is -2.08. The van der Waals surface area contributed by atoms with Gasteiger partial charge in [0.15, 0.2) is 0 Å². The van der Waals surface area contributed by atoms with Crippen LogP contribution in [0.25, 0.3) is 0 Å². The first-order chi connectivity index (χ1) is 7.18. The molecule has 0 atom stereocenters. The van der Waals surface area contributed by atoms with Crippen LogP contribution in [0.15, 0.2) is 24.3 Å². The van der Waals surface area contributed by atoms with Gasteiger partial charge in [0.05, 0.1) is 12.7 Å². The first-order valence-corrected chi connectivity index (χ1v) is 5.56. The predicted octanol–water partition coefficient (Wildman–Crippen LogP) is 2.51. The van der Waals surface area contributed by atoms with Crippen molar-refractivity contribution >= 4 is 0 Å². The Morgan fingerprint density at radius 1 is 1.20 bits per heavy atom. The molecular formula is C13H21NO. The fourth-order valence-corrected chi connectivity index (χ4v) is 1.31. The molecular weight excluding hydrogens is 186 g/mol. The lowest BCUT2D eigenvalue weighted by atomic mass is 10.1. The summed E-state index contributed by atoms with van der Waals surface area (Å²) in [6, 6.07) is 8.60. The fraction of sp³-hybridized carbons (Fsp3) is 0.538. The third-order valence-electron chi connectivity index (χ3n) is 2.18. The molecule has 0 aliphatic carbocycles. The number of rotatable bonds is 6. The molecule has 1 N–H and O–H groups in total. The SMILES string of the molecule is Cc1ccc(CNCCOC(C)C)cc1. The first-order valence-electron chi connectivity index (χ1n) is 5.56. The molecule has 0 bridgehead atoms. The van der Waals surface area contributed by atoms with Gasteiger partial charge in [0.25, 0.3) is 0 Å². The second-order valence-electron chi connectivity index (χ2n) is 4.08. The summed E-state index contributed by atoms with van der Waals surface area (Å²) in [5.41, 5.74) is 2.63. The monoisotopic (exact) mass is 207 g/mol. The Hall–Kier alpha value is -0.860. The molecule has 0 fully saturated rings. The number of benzene rings is 1. The zero-order valence-corrected chi connectivity index (χ0v) is 9.92. The van der Waals surface area contributed by atoms with Crippen molar-refractivity contribution in [2.45, 2.75) is 33.4 Å². The summed E-state index contributed by atoms with van der Waals surface area (Å²) >= 11 is 0. The van der Waals surface area contributed by atoms with Crippen LogP contribution in [0.4, 0.5) is 0 Å². The van der Waals surface area contributed by atoms with E-state index in [1.54, 1.807) is 0 Å². The van der Waals surface area contributed by atoms with E-state index in [0.29, 0.717) is 6.10 Å². The highest BCUT2D eigenvalue weighted by Crippen LogP contribution is 2.02. The first kappa shape index (κ1) is 12.2. The standard InChI is InChI=1S/C13H21NO/c1-11(2)15-9-8-14-10-13-6-4-12(3)5-7-13/h4-7,11,14H,8-10H2,1-3H3.